The number of carbonyl (C=O) groups is 1. The first-order valence-corrected chi connectivity index (χ1v) is 11.7. The molecule has 0 unspecified atom stereocenters. The van der Waals surface area contributed by atoms with E-state index in [2.05, 4.69) is 55.2 Å². The fraction of sp³-hybridized carbons (Fsp3) is 0.208. The van der Waals surface area contributed by atoms with Gasteiger partial charge in [-0.2, -0.15) is 0 Å². The van der Waals surface area contributed by atoms with Gasteiger partial charge in [-0.3, -0.25) is 14.7 Å². The van der Waals surface area contributed by atoms with E-state index >= 15 is 0 Å². The molecule has 30 heavy (non-hydrogen) atoms. The maximum absolute atomic E-state index is 13.2. The molecular formula is C24H23N3OS2. The molecule has 4 rings (SSSR count). The number of fused-ring (bicyclic) bond motifs is 1. The molecule has 152 valence electrons. The molecule has 0 saturated heterocycles. The van der Waals surface area contributed by atoms with Gasteiger partial charge in [0, 0.05) is 17.3 Å². The zero-order valence-electron chi connectivity index (χ0n) is 17.0. The number of carbonyl (C=O) groups excluding carboxylic acids is 1. The van der Waals surface area contributed by atoms with Crippen LogP contribution >= 0.6 is 23.1 Å². The Morgan fingerprint density at radius 1 is 1.10 bits per heavy atom. The van der Waals surface area contributed by atoms with E-state index < -0.39 is 0 Å². The number of aryl methyl sites for hydroxylation is 2. The lowest BCUT2D eigenvalue weighted by molar-refractivity contribution is -0.116. The molecule has 6 heteroatoms. The predicted molar refractivity (Wildman–Crippen MR) is 126 cm³/mol. The van der Waals surface area contributed by atoms with Crippen molar-refractivity contribution in [3.05, 3.63) is 83.7 Å². The Bertz CT molecular complexity index is 1140. The zero-order valence-corrected chi connectivity index (χ0v) is 18.7. The largest absolute Gasteiger partial charge is 0.283 e. The topological polar surface area (TPSA) is 46.1 Å². The standard InChI is InChI=1S/C24H23N3OS2/c1-3-18-8-11-21-22(13-18)30-24(26-21)27(15-19-5-4-12-25-14-19)23(28)16-29-20-9-6-17(2)7-10-20/h4-14H,3,15-16H2,1-2H3. The Labute approximate surface area is 185 Å². The third-order valence-electron chi connectivity index (χ3n) is 4.83. The van der Waals surface area contributed by atoms with E-state index in [0.717, 1.165) is 32.2 Å². The minimum absolute atomic E-state index is 0.0409. The van der Waals surface area contributed by atoms with Crippen molar-refractivity contribution in [1.82, 2.24) is 9.97 Å². The summed E-state index contributed by atoms with van der Waals surface area (Å²) in [7, 11) is 0. The summed E-state index contributed by atoms with van der Waals surface area (Å²) in [5.41, 5.74) is 4.41. The molecule has 2 aromatic heterocycles. The molecule has 1 amide bonds. The van der Waals surface area contributed by atoms with E-state index in [1.54, 1.807) is 40.4 Å². The number of amides is 1. The van der Waals surface area contributed by atoms with Crippen molar-refractivity contribution in [1.29, 1.82) is 0 Å². The highest BCUT2D eigenvalue weighted by molar-refractivity contribution is 8.00. The van der Waals surface area contributed by atoms with Gasteiger partial charge < -0.3 is 0 Å². The number of benzene rings is 2. The molecule has 0 atom stereocenters. The van der Waals surface area contributed by atoms with Crippen LogP contribution in [0.3, 0.4) is 0 Å². The van der Waals surface area contributed by atoms with Crippen LogP contribution in [0.25, 0.3) is 10.2 Å². The second-order valence-corrected chi connectivity index (χ2v) is 9.15. The van der Waals surface area contributed by atoms with Gasteiger partial charge in [-0.1, -0.05) is 48.1 Å². The van der Waals surface area contributed by atoms with Gasteiger partial charge in [0.15, 0.2) is 5.13 Å². The average Bonchev–Trinajstić information content (AvgIpc) is 3.20. The SMILES string of the molecule is CCc1ccc2nc(N(Cc3cccnc3)C(=O)CSc3ccc(C)cc3)sc2c1. The highest BCUT2D eigenvalue weighted by Crippen LogP contribution is 2.31. The Balaban J connectivity index is 1.60. The number of hydrogen-bond donors (Lipinski definition) is 0. The van der Waals surface area contributed by atoms with Crippen LogP contribution in [-0.4, -0.2) is 21.6 Å². The van der Waals surface area contributed by atoms with Crippen molar-refractivity contribution in [3.8, 4) is 0 Å². The van der Waals surface area contributed by atoms with E-state index in [1.165, 1.54) is 11.1 Å². The molecule has 4 nitrogen and oxygen atoms in total. The molecule has 0 fully saturated rings. The van der Waals surface area contributed by atoms with Crippen LogP contribution in [-0.2, 0) is 17.8 Å². The summed E-state index contributed by atoms with van der Waals surface area (Å²) in [4.78, 5) is 25.1. The van der Waals surface area contributed by atoms with Crippen molar-refractivity contribution >= 4 is 44.4 Å². The number of pyridine rings is 1. The van der Waals surface area contributed by atoms with Gasteiger partial charge in [-0.05, 0) is 54.8 Å². The second-order valence-electron chi connectivity index (χ2n) is 7.09. The van der Waals surface area contributed by atoms with Crippen molar-refractivity contribution in [2.45, 2.75) is 31.7 Å². The number of rotatable bonds is 7. The number of thioether (sulfide) groups is 1. The molecule has 2 heterocycles. The van der Waals surface area contributed by atoms with Crippen LogP contribution < -0.4 is 4.90 Å². The fourth-order valence-electron chi connectivity index (χ4n) is 3.09. The number of thiazole rings is 1. The minimum Gasteiger partial charge on any atom is -0.283 e. The summed E-state index contributed by atoms with van der Waals surface area (Å²) >= 11 is 3.12. The first-order valence-electron chi connectivity index (χ1n) is 9.90. The van der Waals surface area contributed by atoms with Crippen molar-refractivity contribution in [2.24, 2.45) is 0 Å². The zero-order chi connectivity index (χ0) is 20.9. The van der Waals surface area contributed by atoms with Crippen LogP contribution in [0.1, 0.15) is 23.6 Å². The van der Waals surface area contributed by atoms with E-state index in [4.69, 9.17) is 4.98 Å². The highest BCUT2D eigenvalue weighted by atomic mass is 32.2. The number of aromatic nitrogens is 2. The Kier molecular flexibility index (Phi) is 6.45. The Morgan fingerprint density at radius 2 is 1.93 bits per heavy atom. The van der Waals surface area contributed by atoms with Crippen molar-refractivity contribution in [3.63, 3.8) is 0 Å². The molecule has 0 bridgehead atoms. The second kappa shape index (κ2) is 9.41. The van der Waals surface area contributed by atoms with Gasteiger partial charge >= 0.3 is 0 Å². The summed E-state index contributed by atoms with van der Waals surface area (Å²) in [6, 6.07) is 18.5. The van der Waals surface area contributed by atoms with Gasteiger partial charge in [-0.15, -0.1) is 11.8 Å². The molecule has 0 aliphatic heterocycles. The summed E-state index contributed by atoms with van der Waals surface area (Å²) in [6.45, 7) is 4.66. The van der Waals surface area contributed by atoms with Crippen molar-refractivity contribution < 1.29 is 4.79 Å². The molecule has 4 aromatic rings. The molecule has 2 aromatic carbocycles. The molecule has 0 saturated carbocycles. The molecular weight excluding hydrogens is 410 g/mol. The quantitative estimate of drug-likeness (QED) is 0.341. The third kappa shape index (κ3) is 4.89. The lowest BCUT2D eigenvalue weighted by atomic mass is 10.2. The first-order chi connectivity index (χ1) is 14.6. The summed E-state index contributed by atoms with van der Waals surface area (Å²) in [6.07, 6.45) is 4.53. The van der Waals surface area contributed by atoms with Crippen molar-refractivity contribution in [2.75, 3.05) is 10.7 Å². The monoisotopic (exact) mass is 433 g/mol. The van der Waals surface area contributed by atoms with Gasteiger partial charge in [0.25, 0.3) is 0 Å². The normalized spacial score (nSPS) is 11.0. The summed E-state index contributed by atoms with van der Waals surface area (Å²) in [5.74, 6) is 0.401. The molecule has 0 aliphatic rings. The fourth-order valence-corrected chi connectivity index (χ4v) is 4.91. The van der Waals surface area contributed by atoms with Gasteiger partial charge in [0.05, 0.1) is 22.5 Å². The maximum Gasteiger partial charge on any atom is 0.239 e. The molecule has 0 N–H and O–H groups in total. The average molecular weight is 434 g/mol. The molecule has 0 aliphatic carbocycles. The number of hydrogen-bond acceptors (Lipinski definition) is 5. The van der Waals surface area contributed by atoms with Crippen LogP contribution in [0.4, 0.5) is 5.13 Å². The third-order valence-corrected chi connectivity index (χ3v) is 6.87. The van der Waals surface area contributed by atoms with Crippen LogP contribution in [0.2, 0.25) is 0 Å². The molecule has 0 radical (unpaired) electrons. The molecule has 0 spiro atoms. The predicted octanol–water partition coefficient (Wildman–Crippen LogP) is 5.89. The first kappa shape index (κ1) is 20.6. The van der Waals surface area contributed by atoms with E-state index in [9.17, 15) is 4.79 Å². The lowest BCUT2D eigenvalue weighted by Crippen LogP contribution is -2.31. The smallest absolute Gasteiger partial charge is 0.239 e. The van der Waals surface area contributed by atoms with Gasteiger partial charge in [-0.25, -0.2) is 4.98 Å². The minimum atomic E-state index is 0.0409. The summed E-state index contributed by atoms with van der Waals surface area (Å²) in [5, 5.41) is 0.733. The van der Waals surface area contributed by atoms with Gasteiger partial charge in [0.2, 0.25) is 5.91 Å². The van der Waals surface area contributed by atoms with Gasteiger partial charge in [0.1, 0.15) is 0 Å². The van der Waals surface area contributed by atoms with E-state index in [-0.39, 0.29) is 5.91 Å². The highest BCUT2D eigenvalue weighted by Gasteiger charge is 2.20. The Morgan fingerprint density at radius 3 is 2.67 bits per heavy atom. The van der Waals surface area contributed by atoms with Crippen LogP contribution in [0.15, 0.2) is 71.9 Å². The summed E-state index contributed by atoms with van der Waals surface area (Å²) < 4.78 is 1.11. The number of anilines is 1. The maximum atomic E-state index is 13.2. The lowest BCUT2D eigenvalue weighted by Gasteiger charge is -2.19. The van der Waals surface area contributed by atoms with Crippen LogP contribution in [0, 0.1) is 6.92 Å². The van der Waals surface area contributed by atoms with E-state index in [1.807, 2.05) is 18.2 Å². The van der Waals surface area contributed by atoms with E-state index in [0.29, 0.717) is 12.3 Å². The van der Waals surface area contributed by atoms with Crippen LogP contribution in [0.5, 0.6) is 0 Å². The Hall–Kier alpha value is -2.70. The number of nitrogens with zero attached hydrogens (tertiary/aromatic N) is 3.